The Morgan fingerprint density at radius 1 is 0.536 bits per heavy atom. The maximum absolute atomic E-state index is 11.1. The van der Waals surface area contributed by atoms with E-state index in [0.29, 0.717) is 24.7 Å². The quantitative estimate of drug-likeness (QED) is 0.197. The predicted molar refractivity (Wildman–Crippen MR) is 117 cm³/mol. The number of rotatable bonds is 21. The largest absolute Gasteiger partial charge is 0.481 e. The minimum atomic E-state index is -0.732. The van der Waals surface area contributed by atoms with Crippen molar-refractivity contribution >= 4 is 11.9 Å². The van der Waals surface area contributed by atoms with Gasteiger partial charge >= 0.3 is 11.9 Å². The van der Waals surface area contributed by atoms with Gasteiger partial charge < -0.3 is 10.2 Å². The molecule has 2 unspecified atom stereocenters. The summed E-state index contributed by atoms with van der Waals surface area (Å²) in [6, 6.07) is 0. The Hall–Kier alpha value is -1.06. The second-order valence-corrected chi connectivity index (χ2v) is 8.50. The summed E-state index contributed by atoms with van der Waals surface area (Å²) in [7, 11) is 0. The van der Waals surface area contributed by atoms with E-state index in [2.05, 4.69) is 13.8 Å². The highest BCUT2D eigenvalue weighted by molar-refractivity contribution is 5.67. The summed E-state index contributed by atoms with van der Waals surface area (Å²) in [6.45, 7) is 4.44. The second-order valence-electron chi connectivity index (χ2n) is 8.50. The van der Waals surface area contributed by atoms with E-state index >= 15 is 0 Å². The lowest BCUT2D eigenvalue weighted by molar-refractivity contribution is -0.139. The van der Waals surface area contributed by atoms with Crippen molar-refractivity contribution in [3.8, 4) is 0 Å². The van der Waals surface area contributed by atoms with E-state index in [0.717, 1.165) is 25.7 Å². The van der Waals surface area contributed by atoms with Crippen molar-refractivity contribution in [2.24, 2.45) is 11.8 Å². The molecular weight excluding hydrogens is 352 g/mol. The third-order valence-corrected chi connectivity index (χ3v) is 5.98. The maximum atomic E-state index is 11.1. The molecule has 0 amide bonds. The van der Waals surface area contributed by atoms with E-state index in [9.17, 15) is 9.59 Å². The molecule has 4 nitrogen and oxygen atoms in total. The van der Waals surface area contributed by atoms with Crippen molar-refractivity contribution < 1.29 is 19.8 Å². The third-order valence-electron chi connectivity index (χ3n) is 5.98. The number of carbonyl (C=O) groups is 2. The van der Waals surface area contributed by atoms with Crippen molar-refractivity contribution in [2.75, 3.05) is 0 Å². The normalized spacial score (nSPS) is 13.4. The zero-order valence-electron chi connectivity index (χ0n) is 18.6. The Morgan fingerprint density at radius 2 is 0.857 bits per heavy atom. The SMILES string of the molecule is CCCCCCCCC(CCC(=O)O)C(CCCCCCCC)CCC(=O)O. The van der Waals surface area contributed by atoms with Crippen LogP contribution >= 0.6 is 0 Å². The minimum absolute atomic E-state index is 0.209. The van der Waals surface area contributed by atoms with Crippen LogP contribution in [0.25, 0.3) is 0 Å². The third kappa shape index (κ3) is 17.1. The first kappa shape index (κ1) is 26.9. The van der Waals surface area contributed by atoms with Gasteiger partial charge in [0.05, 0.1) is 0 Å². The van der Waals surface area contributed by atoms with Crippen LogP contribution in [0.3, 0.4) is 0 Å². The Kier molecular flexibility index (Phi) is 18.5. The van der Waals surface area contributed by atoms with Gasteiger partial charge in [-0.3, -0.25) is 9.59 Å². The van der Waals surface area contributed by atoms with E-state index in [-0.39, 0.29) is 12.8 Å². The van der Waals surface area contributed by atoms with Gasteiger partial charge in [-0.25, -0.2) is 0 Å². The Labute approximate surface area is 173 Å². The summed E-state index contributed by atoms with van der Waals surface area (Å²) in [5, 5.41) is 18.3. The van der Waals surface area contributed by atoms with Crippen LogP contribution in [0, 0.1) is 11.8 Å². The first-order valence-corrected chi connectivity index (χ1v) is 11.9. The van der Waals surface area contributed by atoms with Crippen LogP contribution in [-0.2, 0) is 9.59 Å². The Balaban J connectivity index is 4.57. The molecule has 0 aliphatic heterocycles. The molecule has 4 heteroatoms. The summed E-state index contributed by atoms with van der Waals surface area (Å²) in [4.78, 5) is 22.2. The minimum Gasteiger partial charge on any atom is -0.481 e. The molecule has 0 aliphatic rings. The topological polar surface area (TPSA) is 74.6 Å². The molecule has 0 spiro atoms. The van der Waals surface area contributed by atoms with Gasteiger partial charge in [0.1, 0.15) is 0 Å². The van der Waals surface area contributed by atoms with E-state index in [1.807, 2.05) is 0 Å². The van der Waals surface area contributed by atoms with Crippen LogP contribution in [0.5, 0.6) is 0 Å². The van der Waals surface area contributed by atoms with Gasteiger partial charge in [0.15, 0.2) is 0 Å². The van der Waals surface area contributed by atoms with Crippen LogP contribution < -0.4 is 0 Å². The second kappa shape index (κ2) is 19.3. The molecule has 166 valence electrons. The lowest BCUT2D eigenvalue weighted by atomic mass is 9.78. The summed E-state index contributed by atoms with van der Waals surface area (Å²) >= 11 is 0. The van der Waals surface area contributed by atoms with Gasteiger partial charge in [0.2, 0.25) is 0 Å². The zero-order chi connectivity index (χ0) is 21.0. The fourth-order valence-corrected chi connectivity index (χ4v) is 4.22. The fourth-order valence-electron chi connectivity index (χ4n) is 4.22. The smallest absolute Gasteiger partial charge is 0.303 e. The summed E-state index contributed by atoms with van der Waals surface area (Å²) in [5.41, 5.74) is 0. The van der Waals surface area contributed by atoms with Crippen LogP contribution in [0.4, 0.5) is 0 Å². The summed E-state index contributed by atoms with van der Waals surface area (Å²) in [6.07, 6.45) is 18.8. The maximum Gasteiger partial charge on any atom is 0.303 e. The van der Waals surface area contributed by atoms with E-state index in [4.69, 9.17) is 10.2 Å². The van der Waals surface area contributed by atoms with Gasteiger partial charge in [-0.2, -0.15) is 0 Å². The van der Waals surface area contributed by atoms with Crippen molar-refractivity contribution in [1.82, 2.24) is 0 Å². The highest BCUT2D eigenvalue weighted by atomic mass is 16.4. The Morgan fingerprint density at radius 3 is 1.18 bits per heavy atom. The average molecular weight is 399 g/mol. The molecule has 0 rings (SSSR count). The lowest BCUT2D eigenvalue weighted by Crippen LogP contribution is -2.18. The van der Waals surface area contributed by atoms with E-state index in [1.54, 1.807) is 0 Å². The van der Waals surface area contributed by atoms with Crippen molar-refractivity contribution in [3.05, 3.63) is 0 Å². The molecule has 0 radical (unpaired) electrons. The number of unbranched alkanes of at least 4 members (excludes halogenated alkanes) is 10. The molecule has 0 aliphatic carbocycles. The van der Waals surface area contributed by atoms with Gasteiger partial charge in [0, 0.05) is 12.8 Å². The van der Waals surface area contributed by atoms with Crippen molar-refractivity contribution in [2.45, 2.75) is 129 Å². The molecule has 0 aromatic heterocycles. The van der Waals surface area contributed by atoms with Gasteiger partial charge in [0.25, 0.3) is 0 Å². The lowest BCUT2D eigenvalue weighted by Gasteiger charge is -2.27. The van der Waals surface area contributed by atoms with Crippen molar-refractivity contribution in [3.63, 3.8) is 0 Å². The molecule has 0 saturated carbocycles. The van der Waals surface area contributed by atoms with E-state index < -0.39 is 11.9 Å². The van der Waals surface area contributed by atoms with Gasteiger partial charge in [-0.1, -0.05) is 104 Å². The zero-order valence-corrected chi connectivity index (χ0v) is 18.6. The number of aliphatic carboxylic acids is 2. The molecule has 2 N–H and O–H groups in total. The van der Waals surface area contributed by atoms with Crippen molar-refractivity contribution in [1.29, 1.82) is 0 Å². The Bertz CT molecular complexity index is 345. The first-order chi connectivity index (χ1) is 13.5. The molecule has 0 saturated heterocycles. The van der Waals surface area contributed by atoms with Crippen LogP contribution in [-0.4, -0.2) is 22.2 Å². The fraction of sp³-hybridized carbons (Fsp3) is 0.917. The van der Waals surface area contributed by atoms with Gasteiger partial charge in [-0.15, -0.1) is 0 Å². The molecule has 0 aromatic carbocycles. The number of hydrogen-bond acceptors (Lipinski definition) is 2. The van der Waals surface area contributed by atoms with E-state index in [1.165, 1.54) is 64.2 Å². The molecule has 28 heavy (non-hydrogen) atoms. The standard InChI is InChI=1S/C24H46O4/c1-3-5-7-9-11-13-15-21(17-19-23(25)26)22(18-20-24(27)28)16-14-12-10-8-6-4-2/h21-22H,3-20H2,1-2H3,(H,25,26)(H,27,28). The van der Waals surface area contributed by atoms with Gasteiger partial charge in [-0.05, 0) is 24.7 Å². The molecule has 0 aromatic rings. The van der Waals surface area contributed by atoms with Crippen LogP contribution in [0.1, 0.15) is 129 Å². The number of carboxylic acids is 2. The molecule has 2 atom stereocenters. The molecule has 0 heterocycles. The molecule has 0 bridgehead atoms. The predicted octanol–water partition coefficient (Wildman–Crippen LogP) is 7.45. The molecular formula is C24H46O4. The van der Waals surface area contributed by atoms with Crippen LogP contribution in [0.15, 0.2) is 0 Å². The number of hydrogen-bond donors (Lipinski definition) is 2. The highest BCUT2D eigenvalue weighted by Crippen LogP contribution is 2.32. The highest BCUT2D eigenvalue weighted by Gasteiger charge is 2.22. The van der Waals surface area contributed by atoms with Crippen LogP contribution in [0.2, 0.25) is 0 Å². The molecule has 0 fully saturated rings. The monoisotopic (exact) mass is 398 g/mol. The summed E-state index contributed by atoms with van der Waals surface area (Å²) in [5.74, 6) is -0.747. The first-order valence-electron chi connectivity index (χ1n) is 11.9. The number of carboxylic acid groups (broad SMARTS) is 2. The summed E-state index contributed by atoms with van der Waals surface area (Å²) < 4.78 is 0. The average Bonchev–Trinajstić information content (AvgIpc) is 2.65.